The van der Waals surface area contributed by atoms with Crippen LogP contribution in [-0.4, -0.2) is 22.9 Å². The first kappa shape index (κ1) is 16.0. The highest BCUT2D eigenvalue weighted by Crippen LogP contribution is 2.16. The van der Waals surface area contributed by atoms with E-state index in [0.29, 0.717) is 0 Å². The zero-order valence-electron chi connectivity index (χ0n) is 11.3. The molecule has 0 aliphatic carbocycles. The highest BCUT2D eigenvalue weighted by atomic mass is 16.2. The molecule has 0 aliphatic heterocycles. The number of hydrogen-bond acceptors (Lipinski definition) is 4. The Kier molecular flexibility index (Phi) is 5.42. The van der Waals surface area contributed by atoms with Gasteiger partial charge in [-0.25, -0.2) is 0 Å². The molecule has 6 heteroatoms. The first-order valence-electron chi connectivity index (χ1n) is 5.45. The van der Waals surface area contributed by atoms with Gasteiger partial charge in [0.05, 0.1) is 0 Å². The van der Waals surface area contributed by atoms with Gasteiger partial charge in [0, 0.05) is 0 Å². The number of nitrogens with one attached hydrogen (secondary N) is 2. The van der Waals surface area contributed by atoms with Gasteiger partial charge in [0.25, 0.3) is 11.8 Å². The lowest BCUT2D eigenvalue weighted by molar-refractivity contribution is -0.126. The van der Waals surface area contributed by atoms with Crippen LogP contribution in [0.2, 0.25) is 0 Å². The van der Waals surface area contributed by atoms with Gasteiger partial charge in [0.2, 0.25) is 0 Å². The molecule has 100 valence electrons. The highest BCUT2D eigenvalue weighted by Gasteiger charge is 2.31. The molecule has 2 amide bonds. The van der Waals surface area contributed by atoms with Gasteiger partial charge in [-0.2, -0.15) is 10.2 Å². The molecule has 6 nitrogen and oxygen atoms in total. The van der Waals surface area contributed by atoms with Gasteiger partial charge in [0.15, 0.2) is 11.1 Å². The van der Waals surface area contributed by atoms with Crippen molar-refractivity contribution in [2.24, 2.45) is 10.2 Å². The van der Waals surface area contributed by atoms with Crippen LogP contribution in [0, 0.1) is 0 Å². The van der Waals surface area contributed by atoms with Gasteiger partial charge in [-0.3, -0.25) is 9.59 Å². The van der Waals surface area contributed by atoms with Crippen LogP contribution in [0.5, 0.6) is 0 Å². The quantitative estimate of drug-likeness (QED) is 0.702. The van der Waals surface area contributed by atoms with Crippen molar-refractivity contribution in [1.29, 1.82) is 0 Å². The minimum atomic E-state index is -1.07. The molecule has 0 fully saturated rings. The van der Waals surface area contributed by atoms with Crippen LogP contribution < -0.4 is 10.6 Å². The first-order chi connectivity index (χ1) is 8.17. The molecule has 0 bridgehead atoms. The Hall–Kier alpha value is -1.98. The van der Waals surface area contributed by atoms with E-state index in [-0.39, 0.29) is 11.8 Å². The molecule has 0 saturated carbocycles. The predicted molar refractivity (Wildman–Crippen MR) is 69.7 cm³/mol. The van der Waals surface area contributed by atoms with Crippen molar-refractivity contribution in [2.45, 2.75) is 38.8 Å². The fraction of sp³-hybridized carbons (Fsp3) is 0.500. The summed E-state index contributed by atoms with van der Waals surface area (Å²) >= 11 is 0. The highest BCUT2D eigenvalue weighted by molar-refractivity contribution is 5.87. The van der Waals surface area contributed by atoms with Crippen LogP contribution in [0.1, 0.15) is 27.7 Å². The number of rotatable bonds is 6. The maximum atomic E-state index is 11.6. The fourth-order valence-corrected chi connectivity index (χ4v) is 0.879. The lowest BCUT2D eigenvalue weighted by Crippen LogP contribution is -2.41. The largest absolute Gasteiger partial charge is 0.331 e. The summed E-state index contributed by atoms with van der Waals surface area (Å²) in [6.45, 7) is 13.2. The van der Waals surface area contributed by atoms with Crippen LogP contribution in [-0.2, 0) is 9.59 Å². The number of nitrogens with zero attached hydrogens (tertiary/aromatic N) is 2. The Labute approximate surface area is 107 Å². The second kappa shape index (κ2) is 6.09. The van der Waals surface area contributed by atoms with Gasteiger partial charge in [-0.05, 0) is 40.1 Å². The van der Waals surface area contributed by atoms with Crippen LogP contribution in [0.4, 0.5) is 0 Å². The van der Waals surface area contributed by atoms with Gasteiger partial charge in [0.1, 0.15) is 0 Å². The zero-order chi connectivity index (χ0) is 14.4. The third-order valence-electron chi connectivity index (χ3n) is 2.13. The summed E-state index contributed by atoms with van der Waals surface area (Å²) in [6, 6.07) is 0. The van der Waals surface area contributed by atoms with E-state index in [1.807, 2.05) is 0 Å². The summed E-state index contributed by atoms with van der Waals surface area (Å²) in [4.78, 5) is 23.2. The van der Waals surface area contributed by atoms with E-state index in [1.165, 1.54) is 12.4 Å². The number of hydrogen-bond donors (Lipinski definition) is 2. The van der Waals surface area contributed by atoms with Crippen molar-refractivity contribution >= 4 is 11.8 Å². The summed E-state index contributed by atoms with van der Waals surface area (Å²) in [5, 5.41) is 12.7. The Morgan fingerprint density at radius 1 is 0.889 bits per heavy atom. The third kappa shape index (κ3) is 4.48. The molecule has 0 rings (SSSR count). The lowest BCUT2D eigenvalue weighted by atomic mass is 10.1. The Morgan fingerprint density at radius 2 is 1.17 bits per heavy atom. The molecule has 0 aromatic carbocycles. The summed E-state index contributed by atoms with van der Waals surface area (Å²) in [7, 11) is 0. The summed E-state index contributed by atoms with van der Waals surface area (Å²) < 4.78 is 0. The van der Waals surface area contributed by atoms with Crippen molar-refractivity contribution in [1.82, 2.24) is 10.6 Å². The summed E-state index contributed by atoms with van der Waals surface area (Å²) in [5.41, 5.74) is -2.14. The Balaban J connectivity index is 4.90. The fourth-order valence-electron chi connectivity index (χ4n) is 0.879. The molecule has 2 N–H and O–H groups in total. The molecular weight excluding hydrogens is 232 g/mol. The molecule has 0 heterocycles. The van der Waals surface area contributed by atoms with Gasteiger partial charge < -0.3 is 10.6 Å². The molecule has 0 saturated heterocycles. The average Bonchev–Trinajstić information content (AvgIpc) is 2.27. The van der Waals surface area contributed by atoms with Crippen molar-refractivity contribution in [3.8, 4) is 0 Å². The zero-order valence-corrected chi connectivity index (χ0v) is 11.3. The van der Waals surface area contributed by atoms with E-state index in [0.717, 1.165) is 0 Å². The van der Waals surface area contributed by atoms with E-state index >= 15 is 0 Å². The summed E-state index contributed by atoms with van der Waals surface area (Å²) in [6.07, 6.45) is 2.55. The number of carbonyl (C=O) groups excluding carboxylic acids is 2. The third-order valence-corrected chi connectivity index (χ3v) is 2.13. The molecule has 0 unspecified atom stereocenters. The van der Waals surface area contributed by atoms with E-state index in [2.05, 4.69) is 34.0 Å². The average molecular weight is 252 g/mol. The van der Waals surface area contributed by atoms with E-state index < -0.39 is 11.1 Å². The Bertz CT molecular complexity index is 348. The molecule has 0 atom stereocenters. The maximum Gasteiger partial charge on any atom is 0.253 e. The summed E-state index contributed by atoms with van der Waals surface area (Å²) in [5.74, 6) is -0.692. The molecule has 18 heavy (non-hydrogen) atoms. The second-order valence-electron chi connectivity index (χ2n) is 4.67. The molecule has 0 aromatic heterocycles. The van der Waals surface area contributed by atoms with Crippen molar-refractivity contribution in [3.63, 3.8) is 0 Å². The molecule has 0 aromatic rings. The monoisotopic (exact) mass is 252 g/mol. The molecule has 0 aliphatic rings. The minimum absolute atomic E-state index is 0.346. The number of amides is 2. The number of azo groups is 1. The van der Waals surface area contributed by atoms with E-state index in [1.54, 1.807) is 27.7 Å². The smallest absolute Gasteiger partial charge is 0.253 e. The van der Waals surface area contributed by atoms with Crippen LogP contribution >= 0.6 is 0 Å². The SMILES string of the molecule is C=CNC(=O)C(C)(C)N=NC(C)(C)C(=O)NC=C. The molecule has 0 radical (unpaired) electrons. The lowest BCUT2D eigenvalue weighted by Gasteiger charge is -2.20. The molecular formula is C12H20N4O2. The topological polar surface area (TPSA) is 82.9 Å². The van der Waals surface area contributed by atoms with Gasteiger partial charge in [-0.1, -0.05) is 13.2 Å². The predicted octanol–water partition coefficient (Wildman–Crippen LogP) is 1.52. The van der Waals surface area contributed by atoms with Crippen molar-refractivity contribution in [2.75, 3.05) is 0 Å². The van der Waals surface area contributed by atoms with Crippen LogP contribution in [0.3, 0.4) is 0 Å². The second-order valence-corrected chi connectivity index (χ2v) is 4.67. The first-order valence-corrected chi connectivity index (χ1v) is 5.45. The van der Waals surface area contributed by atoms with Crippen LogP contribution in [0.15, 0.2) is 35.8 Å². The van der Waals surface area contributed by atoms with E-state index in [4.69, 9.17) is 0 Å². The maximum absolute atomic E-state index is 11.6. The van der Waals surface area contributed by atoms with Crippen molar-refractivity contribution in [3.05, 3.63) is 25.6 Å². The number of carbonyl (C=O) groups is 2. The van der Waals surface area contributed by atoms with Gasteiger partial charge in [-0.15, -0.1) is 0 Å². The van der Waals surface area contributed by atoms with Crippen molar-refractivity contribution < 1.29 is 9.59 Å². The minimum Gasteiger partial charge on any atom is -0.331 e. The normalized spacial score (nSPS) is 12.0. The standard InChI is InChI=1S/C12H20N4O2/c1-7-13-9(17)11(3,4)15-16-12(5,6)10(18)14-8-2/h7-8H,1-2H2,3-6H3,(H,13,17)(H,14,18). The Morgan fingerprint density at radius 3 is 1.39 bits per heavy atom. The van der Waals surface area contributed by atoms with E-state index in [9.17, 15) is 9.59 Å². The molecule has 0 spiro atoms. The van der Waals surface area contributed by atoms with Crippen LogP contribution in [0.25, 0.3) is 0 Å². The van der Waals surface area contributed by atoms with Gasteiger partial charge >= 0.3 is 0 Å².